The van der Waals surface area contributed by atoms with Crippen LogP contribution in [-0.2, 0) is 0 Å². The molecule has 0 spiro atoms. The second kappa shape index (κ2) is 8.73. The normalized spacial score (nSPS) is 11.5. The fraction of sp³-hybridized carbons (Fsp3) is 0. The van der Waals surface area contributed by atoms with E-state index in [1.807, 2.05) is 60.7 Å². The average Bonchev–Trinajstić information content (AvgIpc) is 3.58. The Morgan fingerprint density at radius 2 is 1.05 bits per heavy atom. The Bertz CT molecular complexity index is 2290. The quantitative estimate of drug-likeness (QED) is 0.237. The van der Waals surface area contributed by atoms with E-state index in [0.717, 1.165) is 77.3 Å². The van der Waals surface area contributed by atoms with Crippen LogP contribution in [0.25, 0.3) is 77.3 Å². The topological polar surface area (TPSA) is 50.1 Å². The van der Waals surface area contributed by atoms with Crippen LogP contribution >= 0.6 is 0 Å². The lowest BCUT2D eigenvalue weighted by atomic mass is 9.88. The Morgan fingerprint density at radius 3 is 1.90 bits per heavy atom. The minimum Gasteiger partial charge on any atom is -0.456 e. The minimum atomic E-state index is 0.632. The van der Waals surface area contributed by atoms with Crippen LogP contribution in [-0.4, -0.2) is 0 Å². The molecule has 40 heavy (non-hydrogen) atoms. The number of fused-ring (bicyclic) bond motifs is 6. The lowest BCUT2D eigenvalue weighted by molar-refractivity contribution is 0.669. The number of hydrogen-bond acceptors (Lipinski definition) is 3. The predicted molar refractivity (Wildman–Crippen MR) is 162 cm³/mol. The second-order valence-corrected chi connectivity index (χ2v) is 10.0. The maximum Gasteiger partial charge on any atom is 0.143 e. The van der Waals surface area contributed by atoms with Gasteiger partial charge in [-0.1, -0.05) is 91.0 Å². The molecule has 0 saturated carbocycles. The first-order valence-corrected chi connectivity index (χ1v) is 13.2. The van der Waals surface area contributed by atoms with Gasteiger partial charge < -0.3 is 8.83 Å². The third-order valence-corrected chi connectivity index (χ3v) is 7.76. The molecule has 3 nitrogen and oxygen atoms in total. The first kappa shape index (κ1) is 22.4. The van der Waals surface area contributed by atoms with E-state index in [1.54, 1.807) is 0 Å². The van der Waals surface area contributed by atoms with Gasteiger partial charge in [0.1, 0.15) is 22.3 Å². The van der Waals surface area contributed by atoms with Crippen LogP contribution in [0, 0.1) is 11.3 Å². The van der Waals surface area contributed by atoms with E-state index in [-0.39, 0.29) is 0 Å². The highest BCUT2D eigenvalue weighted by Crippen LogP contribution is 2.42. The van der Waals surface area contributed by atoms with Crippen LogP contribution in [0.5, 0.6) is 0 Å². The van der Waals surface area contributed by atoms with Gasteiger partial charge in [-0.15, -0.1) is 0 Å². The molecule has 2 heterocycles. The summed E-state index contributed by atoms with van der Waals surface area (Å²) < 4.78 is 12.6. The summed E-state index contributed by atoms with van der Waals surface area (Å²) in [5, 5.41) is 14.4. The largest absolute Gasteiger partial charge is 0.456 e. The molecule has 0 bridgehead atoms. The minimum absolute atomic E-state index is 0.632. The summed E-state index contributed by atoms with van der Waals surface area (Å²) in [4.78, 5) is 0. The molecule has 0 radical (unpaired) electrons. The molecule has 0 N–H and O–H groups in total. The maximum atomic E-state index is 9.99. The molecule has 3 heteroatoms. The molecular formula is C37H21NO2. The molecule has 2 aromatic heterocycles. The molecule has 0 aliphatic heterocycles. The van der Waals surface area contributed by atoms with Crippen molar-refractivity contribution in [3.63, 3.8) is 0 Å². The second-order valence-electron chi connectivity index (χ2n) is 10.0. The van der Waals surface area contributed by atoms with Crippen molar-refractivity contribution in [3.8, 4) is 39.4 Å². The van der Waals surface area contributed by atoms with Crippen LogP contribution < -0.4 is 0 Å². The highest BCUT2D eigenvalue weighted by atomic mass is 16.3. The van der Waals surface area contributed by atoms with Gasteiger partial charge in [0.05, 0.1) is 11.6 Å². The van der Waals surface area contributed by atoms with Gasteiger partial charge in [-0.25, -0.2) is 0 Å². The molecule has 186 valence electrons. The van der Waals surface area contributed by atoms with E-state index < -0.39 is 0 Å². The Morgan fingerprint density at radius 1 is 0.425 bits per heavy atom. The standard InChI is InChI=1S/C37H21NO2/c38-22-25-8-1-2-9-26(25)33-20-23(28-12-7-13-32-30-11-4-6-15-35(30)40-37(28)32)16-18-27(33)24-17-19-31-29-10-3-5-14-34(29)39-36(31)21-24/h1-21H. The summed E-state index contributed by atoms with van der Waals surface area (Å²) in [7, 11) is 0. The molecule has 0 atom stereocenters. The number of benzene rings is 6. The van der Waals surface area contributed by atoms with Crippen molar-refractivity contribution >= 4 is 43.9 Å². The Balaban J connectivity index is 1.38. The third-order valence-electron chi connectivity index (χ3n) is 7.76. The number of nitriles is 1. The Hall–Kier alpha value is -5.59. The van der Waals surface area contributed by atoms with Crippen LogP contribution in [0.1, 0.15) is 5.56 Å². The molecule has 6 aromatic carbocycles. The fourth-order valence-electron chi connectivity index (χ4n) is 5.87. The molecule has 0 aliphatic rings. The maximum absolute atomic E-state index is 9.99. The smallest absolute Gasteiger partial charge is 0.143 e. The van der Waals surface area contributed by atoms with Gasteiger partial charge >= 0.3 is 0 Å². The zero-order chi connectivity index (χ0) is 26.6. The van der Waals surface area contributed by atoms with Gasteiger partial charge in [0.15, 0.2) is 0 Å². The number of furan rings is 2. The van der Waals surface area contributed by atoms with Gasteiger partial charge in [-0.3, -0.25) is 0 Å². The van der Waals surface area contributed by atoms with E-state index in [0.29, 0.717) is 5.56 Å². The Labute approximate surface area is 230 Å². The monoisotopic (exact) mass is 511 g/mol. The van der Waals surface area contributed by atoms with E-state index in [9.17, 15) is 5.26 Å². The molecule has 8 aromatic rings. The first-order valence-electron chi connectivity index (χ1n) is 13.2. The van der Waals surface area contributed by atoms with Crippen molar-refractivity contribution in [2.24, 2.45) is 0 Å². The average molecular weight is 512 g/mol. The van der Waals surface area contributed by atoms with Gasteiger partial charge in [0, 0.05) is 32.7 Å². The summed E-state index contributed by atoms with van der Waals surface area (Å²) >= 11 is 0. The number of rotatable bonds is 3. The molecular weight excluding hydrogens is 490 g/mol. The summed E-state index contributed by atoms with van der Waals surface area (Å²) in [6.45, 7) is 0. The molecule has 0 fully saturated rings. The fourth-order valence-corrected chi connectivity index (χ4v) is 5.87. The van der Waals surface area contributed by atoms with Crippen molar-refractivity contribution < 1.29 is 8.83 Å². The highest BCUT2D eigenvalue weighted by molar-refractivity contribution is 6.10. The van der Waals surface area contributed by atoms with E-state index in [4.69, 9.17) is 8.83 Å². The third kappa shape index (κ3) is 3.37. The lowest BCUT2D eigenvalue weighted by Crippen LogP contribution is -1.91. The number of nitrogens with zero attached hydrogens (tertiary/aromatic N) is 1. The van der Waals surface area contributed by atoms with Crippen LogP contribution in [0.15, 0.2) is 136 Å². The van der Waals surface area contributed by atoms with Crippen LogP contribution in [0.4, 0.5) is 0 Å². The zero-order valence-electron chi connectivity index (χ0n) is 21.4. The summed E-state index contributed by atoms with van der Waals surface area (Å²) in [6, 6.07) is 45.5. The first-order chi connectivity index (χ1) is 19.8. The molecule has 0 amide bonds. The van der Waals surface area contributed by atoms with Gasteiger partial charge in [0.25, 0.3) is 0 Å². The van der Waals surface area contributed by atoms with Crippen molar-refractivity contribution in [3.05, 3.63) is 133 Å². The highest BCUT2D eigenvalue weighted by Gasteiger charge is 2.17. The van der Waals surface area contributed by atoms with E-state index in [2.05, 4.69) is 72.8 Å². The van der Waals surface area contributed by atoms with Crippen LogP contribution in [0.2, 0.25) is 0 Å². The van der Waals surface area contributed by atoms with Gasteiger partial charge in [-0.05, 0) is 58.7 Å². The van der Waals surface area contributed by atoms with Crippen molar-refractivity contribution in [2.75, 3.05) is 0 Å². The van der Waals surface area contributed by atoms with E-state index in [1.165, 1.54) is 0 Å². The Kier molecular flexibility index (Phi) is 4.89. The molecule has 0 aliphatic carbocycles. The van der Waals surface area contributed by atoms with E-state index >= 15 is 0 Å². The van der Waals surface area contributed by atoms with Gasteiger partial charge in [-0.2, -0.15) is 5.26 Å². The predicted octanol–water partition coefficient (Wildman–Crippen LogP) is 10.4. The summed E-state index contributed by atoms with van der Waals surface area (Å²) in [5.74, 6) is 0. The van der Waals surface area contributed by atoms with Crippen molar-refractivity contribution in [1.82, 2.24) is 0 Å². The number of hydrogen-bond donors (Lipinski definition) is 0. The summed E-state index contributed by atoms with van der Waals surface area (Å²) in [5.41, 5.74) is 10.1. The van der Waals surface area contributed by atoms with Crippen LogP contribution in [0.3, 0.4) is 0 Å². The van der Waals surface area contributed by atoms with Crippen molar-refractivity contribution in [1.29, 1.82) is 5.26 Å². The number of para-hydroxylation sites is 3. The van der Waals surface area contributed by atoms with Crippen molar-refractivity contribution in [2.45, 2.75) is 0 Å². The lowest BCUT2D eigenvalue weighted by Gasteiger charge is -2.14. The molecule has 8 rings (SSSR count). The SMILES string of the molecule is N#Cc1ccccc1-c1cc(-c2cccc3c2oc2ccccc23)ccc1-c1ccc2c(c1)oc1ccccc12. The van der Waals surface area contributed by atoms with Gasteiger partial charge in [0.2, 0.25) is 0 Å². The summed E-state index contributed by atoms with van der Waals surface area (Å²) in [6.07, 6.45) is 0. The molecule has 0 unspecified atom stereocenters. The zero-order valence-corrected chi connectivity index (χ0v) is 21.4. The molecule has 0 saturated heterocycles.